The molecule has 44 heteroatoms. The van der Waals surface area contributed by atoms with Crippen molar-refractivity contribution in [3.8, 4) is 11.1 Å². The van der Waals surface area contributed by atoms with Crippen molar-refractivity contribution in [2.45, 2.75) is 270 Å². The van der Waals surface area contributed by atoms with E-state index in [0.717, 1.165) is 139 Å². The molecule has 144 heavy (non-hydrogen) atoms. The number of unbranched alkanes of at least 4 members (excludes halogenated alkanes) is 20. The summed E-state index contributed by atoms with van der Waals surface area (Å²) in [6.45, 7) is 0. The molecule has 0 aliphatic heterocycles. The second kappa shape index (κ2) is 82.8. The molecular weight excluding hydrogens is 1910 g/mol. The molecule has 0 amide bonds. The first kappa shape index (κ1) is 134. The fourth-order valence-electron chi connectivity index (χ4n) is 12.1. The number of hydrogen-bond acceptors (Lipinski definition) is 22. The lowest BCUT2D eigenvalue weighted by Crippen LogP contribution is -2.25. The third-order valence-corrected chi connectivity index (χ3v) is 19.8. The number of aromatic carboxylic acids is 8. The molecule has 1 aliphatic rings. The van der Waals surface area contributed by atoms with Crippen LogP contribution < -0.4 is 0 Å². The van der Waals surface area contributed by atoms with Crippen LogP contribution in [0.15, 0.2) is 133 Å². The lowest BCUT2D eigenvalue weighted by atomic mass is 9.82. The van der Waals surface area contributed by atoms with Gasteiger partial charge in [-0.3, -0.25) is 67.1 Å². The Morgan fingerprint density at radius 2 is 0.299 bits per heavy atom. The van der Waals surface area contributed by atoms with Crippen molar-refractivity contribution in [1.29, 1.82) is 0 Å². The maximum atomic E-state index is 10.7. The topological polar surface area (TPSA) is 821 Å². The van der Waals surface area contributed by atoms with Gasteiger partial charge in [-0.15, -0.1) is 0 Å². The molecule has 6 aromatic carbocycles. The molecule has 0 bridgehead atoms. The molecule has 0 aromatic heterocycles. The van der Waals surface area contributed by atoms with Gasteiger partial charge in [0.25, 0.3) is 0 Å². The van der Waals surface area contributed by atoms with Crippen LogP contribution in [0.1, 0.15) is 353 Å². The second-order valence-electron chi connectivity index (χ2n) is 31.7. The number of hydrogen-bond donors (Lipinski definition) is 22. The number of carboxylic acid groups (broad SMARTS) is 22. The lowest BCUT2D eigenvalue weighted by molar-refractivity contribution is -0.148. The minimum Gasteiger partial charge on any atom is -0.481 e. The summed E-state index contributed by atoms with van der Waals surface area (Å²) in [6.07, 6.45) is 25.3. The first-order valence-electron chi connectivity index (χ1n) is 45.6. The van der Waals surface area contributed by atoms with Gasteiger partial charge in [0.05, 0.1) is 56.3 Å². The van der Waals surface area contributed by atoms with E-state index in [-0.39, 0.29) is 140 Å². The zero-order chi connectivity index (χ0) is 110. The summed E-state index contributed by atoms with van der Waals surface area (Å²) >= 11 is 0. The summed E-state index contributed by atoms with van der Waals surface area (Å²) in [5, 5.41) is 187. The Hall–Kier alpha value is -16.1. The number of benzene rings is 6. The fraction of sp³-hybridized carbons (Fsp3) is 0.440. The highest BCUT2D eigenvalue weighted by Gasteiger charge is 2.29. The van der Waals surface area contributed by atoms with E-state index in [0.29, 0.717) is 75.0 Å². The van der Waals surface area contributed by atoms with Crippen molar-refractivity contribution in [2.24, 2.45) is 11.8 Å². The zero-order valence-corrected chi connectivity index (χ0v) is 79.4. The summed E-state index contributed by atoms with van der Waals surface area (Å²) in [6, 6.07) is 32.2. The van der Waals surface area contributed by atoms with Crippen molar-refractivity contribution >= 4 is 142 Å². The van der Waals surface area contributed by atoms with Crippen molar-refractivity contribution in [3.05, 3.63) is 178 Å². The Morgan fingerprint density at radius 3 is 0.458 bits per heavy atom. The van der Waals surface area contributed by atoms with E-state index in [1.165, 1.54) is 91.0 Å². The van der Waals surface area contributed by atoms with Crippen molar-refractivity contribution < 1.29 is 218 Å². The van der Waals surface area contributed by atoms with E-state index in [1.54, 1.807) is 36.4 Å². The average Bonchev–Trinajstić information content (AvgIpc) is 0.806. The lowest BCUT2D eigenvalue weighted by Gasteiger charge is -2.22. The smallest absolute Gasteiger partial charge is 0.335 e. The normalized spacial score (nSPS) is 11.4. The van der Waals surface area contributed by atoms with E-state index in [4.69, 9.17) is 112 Å². The molecule has 0 heterocycles. The Kier molecular flexibility index (Phi) is 77.1. The summed E-state index contributed by atoms with van der Waals surface area (Å²) < 4.78 is 0. The SMILES string of the molecule is O=C(O)C1CCC(C(=O)O)CC1.O=C(O)CCCC(=O)O.O=C(O)CCCCC(=O)O.O=C(O)CCCCCCC(=O)O.O=C(O)CCCCCCCC(=O)O.O=C(O)CCCCCCCCC(=O)O.O=C(O)CCCCCCCCCCC(=O)O.O=C(O)c1ccc(-c2ccc(C(=O)O)cc2)cc1.O=C(O)c1ccc(C(=O)O)cc1.O=C(O)c1ccc2cc(C(=O)O)ccc2c1.O=C(O)c1cccc(C(=O)O)c1. The van der Waals surface area contributed by atoms with Gasteiger partial charge in [-0.2, -0.15) is 0 Å². The highest BCUT2D eigenvalue weighted by molar-refractivity contribution is 5.99. The van der Waals surface area contributed by atoms with Crippen LogP contribution in [0.3, 0.4) is 0 Å². The van der Waals surface area contributed by atoms with Gasteiger partial charge in [-0.25, -0.2) is 38.4 Å². The van der Waals surface area contributed by atoms with Gasteiger partial charge >= 0.3 is 131 Å². The number of aliphatic carboxylic acids is 14. The van der Waals surface area contributed by atoms with E-state index in [2.05, 4.69) is 0 Å². The molecule has 1 aliphatic carbocycles. The fourth-order valence-corrected chi connectivity index (χ4v) is 12.1. The molecule has 44 nitrogen and oxygen atoms in total. The van der Waals surface area contributed by atoms with Gasteiger partial charge in [0.1, 0.15) is 0 Å². The third kappa shape index (κ3) is 80.8. The van der Waals surface area contributed by atoms with Gasteiger partial charge in [-0.1, -0.05) is 139 Å². The molecule has 1 saturated carbocycles. The minimum absolute atomic E-state index is 0.0186. The van der Waals surface area contributed by atoms with E-state index < -0.39 is 131 Å². The zero-order valence-electron chi connectivity index (χ0n) is 79.4. The van der Waals surface area contributed by atoms with Gasteiger partial charge in [0.15, 0.2) is 0 Å². The van der Waals surface area contributed by atoms with Crippen LogP contribution in [0.25, 0.3) is 21.9 Å². The van der Waals surface area contributed by atoms with E-state index >= 15 is 0 Å². The molecule has 794 valence electrons. The highest BCUT2D eigenvalue weighted by Crippen LogP contribution is 2.29. The largest absolute Gasteiger partial charge is 0.481 e. The number of rotatable bonds is 55. The molecule has 0 unspecified atom stereocenters. The molecular formula is C100H130O44. The highest BCUT2D eigenvalue weighted by atomic mass is 16.4. The van der Waals surface area contributed by atoms with Crippen LogP contribution in [0.5, 0.6) is 0 Å². The Bertz CT molecular complexity index is 4680. The molecule has 0 spiro atoms. The Morgan fingerprint density at radius 1 is 0.160 bits per heavy atom. The molecule has 7 rings (SSSR count). The van der Waals surface area contributed by atoms with Crippen LogP contribution in [-0.2, 0) is 67.1 Å². The average molecular weight is 2040 g/mol. The van der Waals surface area contributed by atoms with E-state index in [1.807, 2.05) is 0 Å². The quantitative estimate of drug-likeness (QED) is 0.0158. The minimum atomic E-state index is -1.13. The standard InChI is InChI=1S/C14H10O4.C12H8O4.C12H22O4.C10H18O4.C9H16O4.C8H12O4.2C8H6O4.C8H14O4.C6H10O4.C5H8O4/c15-13(16)11-5-1-9(2-6-11)10-3-7-12(8-4-10)14(17)18;13-11(14)9-3-1-7-5-10(12(15)16)4-2-8(7)6-9;13-11(14)9-7-5-3-1-2-4-6-8-10-12(15)16;11-9(12)7-5-3-1-2-4-6-8-10(13)14;10-8(11)6-4-2-1-3-5-7-9(12)13;2*9-7(10)5-1-2-6(4-3-5)8(11)12;9-7(10)5-2-1-3-6(4-5)8(11)12;9-7(10)5-3-1-2-4-6-8(11)12;7-5(8)3-1-2-4-6(9)10;6-4(7)2-1-3-5(8)9/h1-8H,(H,15,16)(H,17,18);1-6H,(H,13,14)(H,15,16);1-10H2,(H,13,14)(H,15,16);1-8H2,(H,11,12)(H,13,14);1-7H2,(H,10,11)(H,12,13);5-6H,1-4H2,(H,9,10)(H,11,12);2*1-4H,(H,9,10)(H,11,12);1-6H2,(H,9,10)(H,11,12);1-4H2,(H,7,8)(H,9,10);1-3H2,(H,6,7)(H,8,9). The maximum Gasteiger partial charge on any atom is 0.335 e. The first-order valence-corrected chi connectivity index (χ1v) is 45.6. The molecule has 6 aromatic rings. The first-order chi connectivity index (χ1) is 67.7. The Labute approximate surface area is 827 Å². The van der Waals surface area contributed by atoms with Gasteiger partial charge in [0.2, 0.25) is 0 Å². The molecule has 22 N–H and O–H groups in total. The monoisotopic (exact) mass is 2030 g/mol. The number of carboxylic acids is 22. The van der Waals surface area contributed by atoms with Gasteiger partial charge in [-0.05, 0) is 209 Å². The predicted molar refractivity (Wildman–Crippen MR) is 512 cm³/mol. The van der Waals surface area contributed by atoms with Crippen LogP contribution in [0, 0.1) is 11.8 Å². The summed E-state index contributed by atoms with van der Waals surface area (Å²) in [4.78, 5) is 226. The van der Waals surface area contributed by atoms with Crippen molar-refractivity contribution in [3.63, 3.8) is 0 Å². The molecule has 0 radical (unpaired) electrons. The molecule has 0 saturated heterocycles. The van der Waals surface area contributed by atoms with Crippen LogP contribution in [0.4, 0.5) is 0 Å². The summed E-state index contributed by atoms with van der Waals surface area (Å²) in [5.41, 5.74) is 2.65. The second-order valence-corrected chi connectivity index (χ2v) is 31.7. The molecule has 0 atom stereocenters. The predicted octanol–water partition coefficient (Wildman–Crippen LogP) is 17.9. The van der Waals surface area contributed by atoms with Gasteiger partial charge in [0, 0.05) is 77.0 Å². The van der Waals surface area contributed by atoms with Crippen molar-refractivity contribution in [1.82, 2.24) is 0 Å². The van der Waals surface area contributed by atoms with Crippen molar-refractivity contribution in [2.75, 3.05) is 0 Å². The van der Waals surface area contributed by atoms with Crippen LogP contribution >= 0.6 is 0 Å². The third-order valence-electron chi connectivity index (χ3n) is 19.8. The number of carbonyl (C=O) groups is 22. The molecule has 1 fully saturated rings. The maximum absolute atomic E-state index is 10.7. The van der Waals surface area contributed by atoms with E-state index in [9.17, 15) is 105 Å². The van der Waals surface area contributed by atoms with Crippen LogP contribution in [0.2, 0.25) is 0 Å². The summed E-state index contributed by atoms with van der Waals surface area (Å²) in [5.74, 6) is -20.2. The number of fused-ring (bicyclic) bond motifs is 1. The summed E-state index contributed by atoms with van der Waals surface area (Å²) in [7, 11) is 0. The van der Waals surface area contributed by atoms with Gasteiger partial charge < -0.3 is 112 Å². The van der Waals surface area contributed by atoms with Crippen LogP contribution in [-0.4, -0.2) is 244 Å². The Balaban J connectivity index is -0.000000752.